The molecule has 3 rings (SSSR count). The Morgan fingerprint density at radius 1 is 1.33 bits per heavy atom. The van der Waals surface area contributed by atoms with Crippen LogP contribution in [0.4, 0.5) is 0 Å². The quantitative estimate of drug-likeness (QED) is 0.485. The summed E-state index contributed by atoms with van der Waals surface area (Å²) in [4.78, 5) is 12.0. The number of benzene rings is 1. The number of carbonyl (C=O) groups is 1. The van der Waals surface area contributed by atoms with Crippen molar-refractivity contribution in [2.75, 3.05) is 0 Å². The van der Waals surface area contributed by atoms with E-state index in [1.165, 1.54) is 4.46 Å². The van der Waals surface area contributed by atoms with Crippen molar-refractivity contribution in [1.82, 2.24) is 0 Å². The molecular formula is C15H16O2Se. The fraction of sp³-hybridized carbons (Fsp3) is 0.400. The van der Waals surface area contributed by atoms with E-state index in [0.29, 0.717) is 38.0 Å². The van der Waals surface area contributed by atoms with Crippen LogP contribution in [0.5, 0.6) is 0 Å². The van der Waals surface area contributed by atoms with Gasteiger partial charge in [-0.1, -0.05) is 0 Å². The number of allylic oxidation sites excluding steroid dienone is 1. The van der Waals surface area contributed by atoms with Gasteiger partial charge in [-0.15, -0.1) is 0 Å². The average molecular weight is 307 g/mol. The predicted octanol–water partition coefficient (Wildman–Crippen LogP) is 1.94. The molecule has 18 heavy (non-hydrogen) atoms. The molecule has 1 aromatic carbocycles. The molecule has 0 radical (unpaired) electrons. The van der Waals surface area contributed by atoms with Crippen LogP contribution in [0.15, 0.2) is 43.0 Å². The summed E-state index contributed by atoms with van der Waals surface area (Å²) < 4.78 is 6.92. The van der Waals surface area contributed by atoms with E-state index in [0.717, 1.165) is 6.42 Å². The van der Waals surface area contributed by atoms with Crippen molar-refractivity contribution in [3.05, 3.63) is 43.0 Å². The van der Waals surface area contributed by atoms with Gasteiger partial charge < -0.3 is 0 Å². The number of rotatable bonds is 3. The van der Waals surface area contributed by atoms with Crippen molar-refractivity contribution in [1.29, 1.82) is 0 Å². The Bertz CT molecular complexity index is 457. The van der Waals surface area contributed by atoms with Crippen molar-refractivity contribution in [3.8, 4) is 0 Å². The summed E-state index contributed by atoms with van der Waals surface area (Å²) in [5.41, 5.74) is 0. The normalized spacial score (nSPS) is 34.1. The van der Waals surface area contributed by atoms with Crippen LogP contribution in [0.1, 0.15) is 12.8 Å². The van der Waals surface area contributed by atoms with Crippen LogP contribution in [-0.4, -0.2) is 27.0 Å². The van der Waals surface area contributed by atoms with Crippen LogP contribution < -0.4 is 4.46 Å². The van der Waals surface area contributed by atoms with Gasteiger partial charge in [-0.2, -0.15) is 0 Å². The van der Waals surface area contributed by atoms with E-state index in [1.54, 1.807) is 0 Å². The molecule has 1 aliphatic heterocycles. The van der Waals surface area contributed by atoms with Crippen molar-refractivity contribution >= 4 is 25.4 Å². The molecule has 3 heteroatoms. The molecule has 1 heterocycles. The molecular weight excluding hydrogens is 291 g/mol. The second kappa shape index (κ2) is 4.91. The zero-order valence-corrected chi connectivity index (χ0v) is 11.8. The van der Waals surface area contributed by atoms with Crippen molar-refractivity contribution in [2.24, 2.45) is 11.8 Å². The van der Waals surface area contributed by atoms with E-state index < -0.39 is 0 Å². The average Bonchev–Trinajstić information content (AvgIpc) is 2.90. The number of fused-ring (bicyclic) bond motifs is 1. The van der Waals surface area contributed by atoms with Gasteiger partial charge in [-0.25, -0.2) is 0 Å². The van der Waals surface area contributed by atoms with Gasteiger partial charge in [0.1, 0.15) is 0 Å². The van der Waals surface area contributed by atoms with E-state index in [9.17, 15) is 4.79 Å². The van der Waals surface area contributed by atoms with Crippen molar-refractivity contribution in [3.63, 3.8) is 0 Å². The fourth-order valence-corrected chi connectivity index (χ4v) is 5.86. The molecule has 1 aliphatic carbocycles. The maximum absolute atomic E-state index is 11.5. The van der Waals surface area contributed by atoms with Gasteiger partial charge in [-0.3, -0.25) is 0 Å². The first kappa shape index (κ1) is 12.0. The Hall–Kier alpha value is -1.05. The molecule has 1 saturated carbocycles. The van der Waals surface area contributed by atoms with Crippen LogP contribution in [-0.2, 0) is 9.53 Å². The van der Waals surface area contributed by atoms with E-state index in [2.05, 4.69) is 30.8 Å². The van der Waals surface area contributed by atoms with Crippen LogP contribution in [0, 0.1) is 11.8 Å². The van der Waals surface area contributed by atoms with Crippen molar-refractivity contribution in [2.45, 2.75) is 23.8 Å². The zero-order valence-electron chi connectivity index (χ0n) is 10.1. The van der Waals surface area contributed by atoms with Gasteiger partial charge in [0.25, 0.3) is 0 Å². The summed E-state index contributed by atoms with van der Waals surface area (Å²) in [7, 11) is 0. The number of hydrogen-bond acceptors (Lipinski definition) is 2. The van der Waals surface area contributed by atoms with Gasteiger partial charge in [0.2, 0.25) is 0 Å². The molecule has 0 unspecified atom stereocenters. The van der Waals surface area contributed by atoms with Gasteiger partial charge in [0.05, 0.1) is 0 Å². The molecule has 2 nitrogen and oxygen atoms in total. The predicted molar refractivity (Wildman–Crippen MR) is 71.9 cm³/mol. The number of ether oxygens (including phenoxy) is 1. The Morgan fingerprint density at radius 3 is 2.83 bits per heavy atom. The molecule has 1 saturated heterocycles. The van der Waals surface area contributed by atoms with Gasteiger partial charge in [0.15, 0.2) is 0 Å². The van der Waals surface area contributed by atoms with Crippen LogP contribution in [0.2, 0.25) is 4.82 Å². The molecule has 4 atom stereocenters. The molecule has 2 fully saturated rings. The van der Waals surface area contributed by atoms with Gasteiger partial charge in [0, 0.05) is 0 Å². The van der Waals surface area contributed by atoms with Gasteiger partial charge in [-0.05, 0) is 0 Å². The first-order valence-corrected chi connectivity index (χ1v) is 8.16. The SMILES string of the molecule is C=C[C@@H]1C[C@@H]([Se]c2ccccc2)[C@@H]2OC(=O)C[C@@H]21. The Morgan fingerprint density at radius 2 is 2.11 bits per heavy atom. The summed E-state index contributed by atoms with van der Waals surface area (Å²) >= 11 is 0.382. The zero-order chi connectivity index (χ0) is 12.5. The van der Waals surface area contributed by atoms with E-state index in [1.807, 2.05) is 12.1 Å². The number of carbonyl (C=O) groups excluding carboxylic acids is 1. The Balaban J connectivity index is 1.77. The molecule has 0 amide bonds. The second-order valence-electron chi connectivity index (χ2n) is 4.93. The molecule has 1 aromatic rings. The van der Waals surface area contributed by atoms with Crippen LogP contribution >= 0.6 is 0 Å². The monoisotopic (exact) mass is 308 g/mol. The summed E-state index contributed by atoms with van der Waals surface area (Å²) in [5.74, 6) is 0.813. The first-order valence-electron chi connectivity index (χ1n) is 6.31. The first-order chi connectivity index (χ1) is 8.78. The third-order valence-corrected chi connectivity index (χ3v) is 6.59. The topological polar surface area (TPSA) is 26.3 Å². The number of esters is 1. The van der Waals surface area contributed by atoms with Crippen LogP contribution in [0.25, 0.3) is 0 Å². The van der Waals surface area contributed by atoms with E-state index in [-0.39, 0.29) is 12.1 Å². The molecule has 94 valence electrons. The van der Waals surface area contributed by atoms with E-state index in [4.69, 9.17) is 4.74 Å². The summed E-state index contributed by atoms with van der Waals surface area (Å²) in [6.07, 6.45) is 3.87. The molecule has 0 N–H and O–H groups in total. The molecule has 0 aromatic heterocycles. The molecule has 2 aliphatic rings. The minimum atomic E-state index is -0.0228. The Labute approximate surface area is 114 Å². The summed E-state index contributed by atoms with van der Waals surface area (Å²) in [5, 5.41) is 0. The standard InChI is InChI=1S/C15H16O2Se/c1-2-10-8-13(15-12(10)9-14(16)17-15)18-11-6-4-3-5-7-11/h2-7,10,12-13,15H,1,8-9H2/t10-,12-,13-,15-/m1/s1. The van der Waals surface area contributed by atoms with Crippen LogP contribution in [0.3, 0.4) is 0 Å². The van der Waals surface area contributed by atoms with E-state index >= 15 is 0 Å². The Kier molecular flexibility index (Phi) is 3.27. The fourth-order valence-electron chi connectivity index (χ4n) is 2.98. The number of hydrogen-bond donors (Lipinski definition) is 0. The second-order valence-corrected chi connectivity index (χ2v) is 7.68. The van der Waals surface area contributed by atoms with Crippen molar-refractivity contribution < 1.29 is 9.53 Å². The third kappa shape index (κ3) is 2.13. The van der Waals surface area contributed by atoms with Gasteiger partial charge >= 0.3 is 114 Å². The summed E-state index contributed by atoms with van der Waals surface area (Å²) in [6.45, 7) is 3.91. The third-order valence-electron chi connectivity index (χ3n) is 3.85. The molecule has 0 spiro atoms. The molecule has 0 bridgehead atoms. The maximum atomic E-state index is 11.5. The summed E-state index contributed by atoms with van der Waals surface area (Å²) in [6, 6.07) is 10.5. The minimum absolute atomic E-state index is 0.0228.